The van der Waals surface area contributed by atoms with Crippen molar-refractivity contribution in [2.45, 2.75) is 76.4 Å². The number of rotatable bonds is 4. The first-order chi connectivity index (χ1) is 12.8. The lowest BCUT2D eigenvalue weighted by Gasteiger charge is -2.47. The standard InChI is InChI=1S/C24H36NSi/c1-26(22-12-6-3-7-13-22)19-23-21(18-20-10-4-2-5-11-20)15-17-25-16-9-8-14-24(23)25/h3,6-7,12-13,18,20,23-24H,2,4-5,8-11,14-17,19H2,1H3/b21-18+/t23-,24+/m1/s1. The molecule has 0 amide bonds. The third-order valence-corrected chi connectivity index (χ3v) is 9.56. The van der Waals surface area contributed by atoms with Crippen molar-refractivity contribution in [3.8, 4) is 0 Å². The molecule has 1 aliphatic carbocycles. The molecule has 1 radical (unpaired) electrons. The van der Waals surface area contributed by atoms with E-state index in [0.717, 1.165) is 17.9 Å². The second-order valence-electron chi connectivity index (χ2n) is 8.95. The first kappa shape index (κ1) is 18.5. The minimum absolute atomic E-state index is 0.455. The molecule has 2 heteroatoms. The Balaban J connectivity index is 1.54. The summed E-state index contributed by atoms with van der Waals surface area (Å²) in [6, 6.07) is 13.7. The van der Waals surface area contributed by atoms with E-state index in [1.165, 1.54) is 76.9 Å². The molecule has 141 valence electrons. The quantitative estimate of drug-likeness (QED) is 0.509. The number of benzene rings is 1. The van der Waals surface area contributed by atoms with E-state index in [0.29, 0.717) is 0 Å². The Morgan fingerprint density at radius 3 is 2.54 bits per heavy atom. The van der Waals surface area contributed by atoms with Crippen molar-refractivity contribution in [1.82, 2.24) is 4.90 Å². The van der Waals surface area contributed by atoms with Crippen LogP contribution in [0.2, 0.25) is 12.6 Å². The summed E-state index contributed by atoms with van der Waals surface area (Å²) in [5.41, 5.74) is 1.86. The zero-order chi connectivity index (χ0) is 17.8. The SMILES string of the molecule is C[Si](C[C@@H]1/C(=C/C2CCCCC2)CCN2CCCC[C@@H]12)c1ccccc1. The molecule has 1 nitrogen and oxygen atoms in total. The maximum atomic E-state index is 2.85. The van der Waals surface area contributed by atoms with Crippen LogP contribution in [0.1, 0.15) is 57.8 Å². The highest BCUT2D eigenvalue weighted by atomic mass is 28.3. The van der Waals surface area contributed by atoms with E-state index in [1.807, 2.05) is 5.57 Å². The number of allylic oxidation sites excluding steroid dienone is 1. The zero-order valence-electron chi connectivity index (χ0n) is 16.6. The van der Waals surface area contributed by atoms with E-state index < -0.39 is 8.80 Å². The molecular formula is C24H36NSi. The molecule has 26 heavy (non-hydrogen) atoms. The van der Waals surface area contributed by atoms with Crippen LogP contribution in [0.25, 0.3) is 0 Å². The summed E-state index contributed by atoms with van der Waals surface area (Å²) in [5.74, 6) is 1.73. The van der Waals surface area contributed by atoms with E-state index >= 15 is 0 Å². The second kappa shape index (κ2) is 8.88. The van der Waals surface area contributed by atoms with Gasteiger partial charge in [-0.3, -0.25) is 4.90 Å². The Hall–Kier alpha value is -0.863. The van der Waals surface area contributed by atoms with E-state index in [4.69, 9.17) is 0 Å². The van der Waals surface area contributed by atoms with Gasteiger partial charge in [0.05, 0.1) is 8.80 Å². The van der Waals surface area contributed by atoms with Crippen molar-refractivity contribution in [2.75, 3.05) is 13.1 Å². The molecule has 4 rings (SSSR count). The van der Waals surface area contributed by atoms with Crippen LogP contribution in [0.4, 0.5) is 0 Å². The molecule has 2 atom stereocenters. The van der Waals surface area contributed by atoms with Crippen molar-refractivity contribution < 1.29 is 0 Å². The lowest BCUT2D eigenvalue weighted by Crippen LogP contribution is -2.50. The Kier molecular flexibility index (Phi) is 6.32. The molecule has 0 aromatic heterocycles. The summed E-state index contributed by atoms with van der Waals surface area (Å²) < 4.78 is 0. The third-order valence-electron chi connectivity index (χ3n) is 7.18. The van der Waals surface area contributed by atoms with Gasteiger partial charge in [-0.05, 0) is 56.5 Å². The molecule has 1 aromatic rings. The van der Waals surface area contributed by atoms with Crippen molar-refractivity contribution >= 4 is 14.0 Å². The topological polar surface area (TPSA) is 3.24 Å². The molecule has 0 bridgehead atoms. The molecule has 1 saturated carbocycles. The fourth-order valence-electron chi connectivity index (χ4n) is 5.70. The van der Waals surface area contributed by atoms with Crippen LogP contribution >= 0.6 is 0 Å². The fourth-order valence-corrected chi connectivity index (χ4v) is 7.89. The molecular weight excluding hydrogens is 330 g/mol. The highest BCUT2D eigenvalue weighted by molar-refractivity contribution is 6.72. The largest absolute Gasteiger partial charge is 0.299 e. The first-order valence-corrected chi connectivity index (χ1v) is 13.3. The molecule has 2 heterocycles. The molecule has 0 unspecified atom stereocenters. The molecule has 3 aliphatic rings. The summed E-state index contributed by atoms with van der Waals surface area (Å²) in [5, 5.41) is 1.63. The smallest absolute Gasteiger partial charge is 0.0830 e. The van der Waals surface area contributed by atoms with Gasteiger partial charge in [-0.25, -0.2) is 0 Å². The van der Waals surface area contributed by atoms with Crippen molar-refractivity contribution in [2.24, 2.45) is 11.8 Å². The van der Waals surface area contributed by atoms with Gasteiger partial charge in [-0.15, -0.1) is 0 Å². The van der Waals surface area contributed by atoms with Crippen LogP contribution in [-0.2, 0) is 0 Å². The molecule has 2 saturated heterocycles. The van der Waals surface area contributed by atoms with E-state index in [-0.39, 0.29) is 0 Å². The molecule has 0 N–H and O–H groups in total. The van der Waals surface area contributed by atoms with Gasteiger partial charge in [0, 0.05) is 12.6 Å². The summed E-state index contributed by atoms with van der Waals surface area (Å²) in [7, 11) is -0.455. The number of piperidine rings is 2. The van der Waals surface area contributed by atoms with Crippen molar-refractivity contribution in [3.05, 3.63) is 42.0 Å². The average Bonchev–Trinajstić information content (AvgIpc) is 2.71. The van der Waals surface area contributed by atoms with Gasteiger partial charge in [-0.2, -0.15) is 0 Å². The normalized spacial score (nSPS) is 29.8. The molecule has 2 aliphatic heterocycles. The lowest BCUT2D eigenvalue weighted by molar-refractivity contribution is 0.0944. The van der Waals surface area contributed by atoms with Crippen molar-refractivity contribution in [3.63, 3.8) is 0 Å². The molecule has 0 spiro atoms. The minimum atomic E-state index is -0.455. The van der Waals surface area contributed by atoms with Gasteiger partial charge in [0.2, 0.25) is 0 Å². The van der Waals surface area contributed by atoms with Gasteiger partial charge in [-0.1, -0.05) is 79.4 Å². The van der Waals surface area contributed by atoms with E-state index in [9.17, 15) is 0 Å². The van der Waals surface area contributed by atoms with Crippen LogP contribution in [0.15, 0.2) is 42.0 Å². The van der Waals surface area contributed by atoms with Crippen LogP contribution in [0.5, 0.6) is 0 Å². The zero-order valence-corrected chi connectivity index (χ0v) is 17.6. The number of fused-ring (bicyclic) bond motifs is 1. The highest BCUT2D eigenvalue weighted by Gasteiger charge is 2.37. The summed E-state index contributed by atoms with van der Waals surface area (Å²) in [6.07, 6.45) is 15.7. The number of nitrogens with zero attached hydrogens (tertiary/aromatic N) is 1. The maximum absolute atomic E-state index is 2.85. The van der Waals surface area contributed by atoms with Gasteiger partial charge < -0.3 is 0 Å². The maximum Gasteiger partial charge on any atom is 0.0830 e. The Labute approximate surface area is 162 Å². The lowest BCUT2D eigenvalue weighted by atomic mass is 9.78. The van der Waals surface area contributed by atoms with Crippen molar-refractivity contribution in [1.29, 1.82) is 0 Å². The predicted octanol–water partition coefficient (Wildman–Crippen LogP) is 5.40. The van der Waals surface area contributed by atoms with Gasteiger partial charge in [0.1, 0.15) is 0 Å². The van der Waals surface area contributed by atoms with Gasteiger partial charge in [0.25, 0.3) is 0 Å². The predicted molar refractivity (Wildman–Crippen MR) is 114 cm³/mol. The van der Waals surface area contributed by atoms with Crippen LogP contribution < -0.4 is 5.19 Å². The summed E-state index contributed by atoms with van der Waals surface area (Å²) in [6.45, 7) is 5.24. The fraction of sp³-hybridized carbons (Fsp3) is 0.667. The first-order valence-electron chi connectivity index (χ1n) is 11.1. The number of hydrogen-bond acceptors (Lipinski definition) is 1. The minimum Gasteiger partial charge on any atom is -0.299 e. The third kappa shape index (κ3) is 4.34. The Morgan fingerprint density at radius 1 is 0.962 bits per heavy atom. The average molecular weight is 367 g/mol. The van der Waals surface area contributed by atoms with E-state index in [2.05, 4.69) is 47.9 Å². The Bertz CT molecular complexity index is 589. The Morgan fingerprint density at radius 2 is 1.73 bits per heavy atom. The molecule has 3 fully saturated rings. The van der Waals surface area contributed by atoms with Crippen LogP contribution in [0.3, 0.4) is 0 Å². The van der Waals surface area contributed by atoms with Crippen LogP contribution in [0, 0.1) is 11.8 Å². The van der Waals surface area contributed by atoms with Crippen LogP contribution in [-0.4, -0.2) is 32.8 Å². The van der Waals surface area contributed by atoms with Gasteiger partial charge >= 0.3 is 0 Å². The highest BCUT2D eigenvalue weighted by Crippen LogP contribution is 2.39. The summed E-state index contributed by atoms with van der Waals surface area (Å²) >= 11 is 0. The van der Waals surface area contributed by atoms with Gasteiger partial charge in [0.15, 0.2) is 0 Å². The number of hydrogen-bond donors (Lipinski definition) is 0. The molecule has 1 aromatic carbocycles. The van der Waals surface area contributed by atoms with E-state index in [1.54, 1.807) is 5.19 Å². The second-order valence-corrected chi connectivity index (χ2v) is 11.5. The monoisotopic (exact) mass is 366 g/mol. The summed E-state index contributed by atoms with van der Waals surface area (Å²) in [4.78, 5) is 2.85.